The third-order valence-corrected chi connectivity index (χ3v) is 5.70. The second-order valence-electron chi connectivity index (χ2n) is 7.65. The molecule has 0 saturated carbocycles. The number of piperazine rings is 1. The molecule has 1 aromatic carbocycles. The number of hydrogen-bond acceptors (Lipinski definition) is 3. The lowest BCUT2D eigenvalue weighted by Crippen LogP contribution is -2.48. The Morgan fingerprint density at radius 3 is 2.42 bits per heavy atom. The maximum Gasteiger partial charge on any atom is 0.222 e. The minimum Gasteiger partial charge on any atom is -0.343 e. The predicted molar refractivity (Wildman–Crippen MR) is 103 cm³/mol. The van der Waals surface area contributed by atoms with Gasteiger partial charge in [-0.05, 0) is 30.7 Å². The summed E-state index contributed by atoms with van der Waals surface area (Å²) in [6.45, 7) is 7.86. The van der Waals surface area contributed by atoms with Crippen LogP contribution in [0.25, 0.3) is 0 Å². The number of carbonyl (C=O) groups excluding carboxylic acids is 2. The van der Waals surface area contributed by atoms with E-state index in [1.807, 2.05) is 15.9 Å². The highest BCUT2D eigenvalue weighted by atomic mass is 16.2. The summed E-state index contributed by atoms with van der Waals surface area (Å²) in [5.41, 5.74) is 1.33. The Bertz CT molecular complexity index is 597. The number of nitrogens with zero attached hydrogens (tertiary/aromatic N) is 3. The Labute approximate surface area is 156 Å². The van der Waals surface area contributed by atoms with Gasteiger partial charge in [0.05, 0.1) is 0 Å². The first kappa shape index (κ1) is 18.9. The summed E-state index contributed by atoms with van der Waals surface area (Å²) in [6.07, 6.45) is 3.74. The van der Waals surface area contributed by atoms with E-state index in [0.29, 0.717) is 12.3 Å². The van der Waals surface area contributed by atoms with E-state index in [0.717, 1.165) is 65.1 Å². The topological polar surface area (TPSA) is 43.9 Å². The first-order chi connectivity index (χ1) is 12.6. The quantitative estimate of drug-likeness (QED) is 0.813. The molecule has 2 aliphatic rings. The van der Waals surface area contributed by atoms with E-state index < -0.39 is 0 Å². The lowest BCUT2D eigenvalue weighted by atomic mass is 9.93. The fraction of sp³-hybridized carbons (Fsp3) is 0.619. The molecule has 1 unspecified atom stereocenters. The van der Waals surface area contributed by atoms with Crippen LogP contribution in [-0.2, 0) is 16.1 Å². The van der Waals surface area contributed by atoms with E-state index in [2.05, 4.69) is 29.2 Å². The second-order valence-corrected chi connectivity index (χ2v) is 7.65. The summed E-state index contributed by atoms with van der Waals surface area (Å²) in [4.78, 5) is 30.5. The zero-order valence-electron chi connectivity index (χ0n) is 15.9. The molecule has 142 valence electrons. The molecule has 3 rings (SSSR count). The van der Waals surface area contributed by atoms with Crippen molar-refractivity contribution < 1.29 is 9.59 Å². The van der Waals surface area contributed by atoms with Crippen molar-refractivity contribution in [2.45, 2.75) is 39.2 Å². The van der Waals surface area contributed by atoms with Crippen molar-refractivity contribution in [2.24, 2.45) is 5.92 Å². The molecule has 0 aliphatic carbocycles. The van der Waals surface area contributed by atoms with Gasteiger partial charge in [0.1, 0.15) is 0 Å². The van der Waals surface area contributed by atoms with E-state index in [-0.39, 0.29) is 11.8 Å². The Kier molecular flexibility index (Phi) is 6.67. The lowest BCUT2D eigenvalue weighted by molar-refractivity contribution is -0.133. The molecule has 2 aliphatic heterocycles. The van der Waals surface area contributed by atoms with Crippen LogP contribution in [0.15, 0.2) is 30.3 Å². The van der Waals surface area contributed by atoms with Crippen molar-refractivity contribution in [3.63, 3.8) is 0 Å². The summed E-state index contributed by atoms with van der Waals surface area (Å²) >= 11 is 0. The van der Waals surface area contributed by atoms with Crippen LogP contribution >= 0.6 is 0 Å². The van der Waals surface area contributed by atoms with Crippen LogP contribution < -0.4 is 0 Å². The van der Waals surface area contributed by atoms with Crippen molar-refractivity contribution in [3.05, 3.63) is 35.9 Å². The number of carbonyl (C=O) groups is 2. The van der Waals surface area contributed by atoms with Crippen molar-refractivity contribution in [2.75, 3.05) is 39.3 Å². The van der Waals surface area contributed by atoms with Crippen molar-refractivity contribution in [1.29, 1.82) is 0 Å². The monoisotopic (exact) mass is 357 g/mol. The molecule has 5 heteroatoms. The summed E-state index contributed by atoms with van der Waals surface area (Å²) in [5, 5.41) is 0. The highest BCUT2D eigenvalue weighted by Gasteiger charge is 2.25. The van der Waals surface area contributed by atoms with Crippen molar-refractivity contribution >= 4 is 11.8 Å². The molecular weight excluding hydrogens is 326 g/mol. The van der Waals surface area contributed by atoms with Crippen LogP contribution in [0.4, 0.5) is 0 Å². The molecule has 0 bridgehead atoms. The number of hydrogen-bond donors (Lipinski definition) is 0. The van der Waals surface area contributed by atoms with Crippen LogP contribution in [0.2, 0.25) is 0 Å². The van der Waals surface area contributed by atoms with Gasteiger partial charge in [0.2, 0.25) is 11.8 Å². The van der Waals surface area contributed by atoms with Crippen LogP contribution in [0.1, 0.15) is 38.2 Å². The average Bonchev–Trinajstić information content (AvgIpc) is 2.68. The Hall–Kier alpha value is -1.88. The van der Waals surface area contributed by atoms with Crippen molar-refractivity contribution in [1.82, 2.24) is 14.7 Å². The van der Waals surface area contributed by atoms with Gasteiger partial charge in [-0.15, -0.1) is 0 Å². The molecule has 2 heterocycles. The van der Waals surface area contributed by atoms with Crippen molar-refractivity contribution in [3.8, 4) is 0 Å². The summed E-state index contributed by atoms with van der Waals surface area (Å²) < 4.78 is 0. The minimum absolute atomic E-state index is 0.163. The number of rotatable bonds is 5. The summed E-state index contributed by atoms with van der Waals surface area (Å²) in [5.74, 6) is 0.927. The fourth-order valence-electron chi connectivity index (χ4n) is 4.07. The molecule has 2 saturated heterocycles. The van der Waals surface area contributed by atoms with Crippen LogP contribution in [-0.4, -0.2) is 65.8 Å². The maximum atomic E-state index is 12.5. The Morgan fingerprint density at radius 1 is 1.00 bits per heavy atom. The molecule has 5 nitrogen and oxygen atoms in total. The lowest BCUT2D eigenvalue weighted by Gasteiger charge is -2.35. The molecule has 0 N–H and O–H groups in total. The van der Waals surface area contributed by atoms with E-state index in [1.54, 1.807) is 6.92 Å². The van der Waals surface area contributed by atoms with Gasteiger partial charge >= 0.3 is 0 Å². The second kappa shape index (κ2) is 9.17. The Morgan fingerprint density at radius 2 is 1.73 bits per heavy atom. The zero-order chi connectivity index (χ0) is 18.4. The van der Waals surface area contributed by atoms with Gasteiger partial charge in [0, 0.05) is 59.2 Å². The molecule has 1 aromatic rings. The first-order valence-corrected chi connectivity index (χ1v) is 9.91. The summed E-state index contributed by atoms with van der Waals surface area (Å²) in [7, 11) is 0. The van der Waals surface area contributed by atoms with Crippen LogP contribution in [0.3, 0.4) is 0 Å². The minimum atomic E-state index is 0.163. The van der Waals surface area contributed by atoms with E-state index in [1.165, 1.54) is 5.56 Å². The highest BCUT2D eigenvalue weighted by molar-refractivity contribution is 5.76. The summed E-state index contributed by atoms with van der Waals surface area (Å²) in [6, 6.07) is 10.5. The molecule has 0 radical (unpaired) electrons. The van der Waals surface area contributed by atoms with Gasteiger partial charge < -0.3 is 9.80 Å². The Balaban J connectivity index is 1.38. The third kappa shape index (κ3) is 5.31. The van der Waals surface area contributed by atoms with Gasteiger partial charge in [0.15, 0.2) is 0 Å². The number of likely N-dealkylation sites (tertiary alicyclic amines) is 1. The molecule has 2 amide bonds. The zero-order valence-corrected chi connectivity index (χ0v) is 15.9. The predicted octanol–water partition coefficient (Wildman–Crippen LogP) is 2.37. The van der Waals surface area contributed by atoms with Crippen LogP contribution in [0.5, 0.6) is 0 Å². The largest absolute Gasteiger partial charge is 0.343 e. The van der Waals surface area contributed by atoms with Gasteiger partial charge in [-0.1, -0.05) is 30.3 Å². The highest BCUT2D eigenvalue weighted by Crippen LogP contribution is 2.22. The number of benzene rings is 1. The van der Waals surface area contributed by atoms with Gasteiger partial charge in [-0.2, -0.15) is 0 Å². The van der Waals surface area contributed by atoms with Gasteiger partial charge in [-0.3, -0.25) is 14.5 Å². The van der Waals surface area contributed by atoms with Gasteiger partial charge in [-0.25, -0.2) is 0 Å². The molecule has 0 aromatic heterocycles. The van der Waals surface area contributed by atoms with E-state index in [9.17, 15) is 9.59 Å². The fourth-order valence-corrected chi connectivity index (χ4v) is 4.07. The standard InChI is InChI=1S/C21H31N3O2/c1-18(25)24-11-5-8-20(17-24)9-10-21(26)23-14-12-22(13-15-23)16-19-6-3-2-4-7-19/h2-4,6-7,20H,5,8-17H2,1H3. The third-order valence-electron chi connectivity index (χ3n) is 5.70. The molecule has 0 spiro atoms. The normalized spacial score (nSPS) is 21.7. The van der Waals surface area contributed by atoms with Crippen LogP contribution in [0, 0.1) is 5.92 Å². The molecule has 26 heavy (non-hydrogen) atoms. The SMILES string of the molecule is CC(=O)N1CCCC(CCC(=O)N2CCN(Cc3ccccc3)CC2)C1. The number of amides is 2. The molecular formula is C21H31N3O2. The maximum absolute atomic E-state index is 12.5. The first-order valence-electron chi connectivity index (χ1n) is 9.91. The van der Waals surface area contributed by atoms with E-state index in [4.69, 9.17) is 0 Å². The molecule has 1 atom stereocenters. The number of piperidine rings is 1. The van der Waals surface area contributed by atoms with E-state index >= 15 is 0 Å². The van der Waals surface area contributed by atoms with Gasteiger partial charge in [0.25, 0.3) is 0 Å². The smallest absolute Gasteiger partial charge is 0.222 e. The average molecular weight is 357 g/mol. The molecule has 2 fully saturated rings.